The number of carbonyl (C=O) groups excluding carboxylic acids is 1. The average molecular weight is 425 g/mol. The van der Waals surface area contributed by atoms with E-state index >= 15 is 0 Å². The van der Waals surface area contributed by atoms with Crippen LogP contribution in [-0.2, 0) is 4.79 Å². The van der Waals surface area contributed by atoms with Gasteiger partial charge in [0.15, 0.2) is 0 Å². The summed E-state index contributed by atoms with van der Waals surface area (Å²) in [4.78, 5) is 26.0. The third-order valence-electron chi connectivity index (χ3n) is 3.68. The highest BCUT2D eigenvalue weighted by Gasteiger charge is 2.49. The third-order valence-corrected chi connectivity index (χ3v) is 6.02. The Morgan fingerprint density at radius 3 is 2.70 bits per heavy atom. The summed E-state index contributed by atoms with van der Waals surface area (Å²) in [5.74, 6) is -1.09. The van der Waals surface area contributed by atoms with Crippen molar-refractivity contribution < 1.29 is 14.7 Å². The maximum absolute atomic E-state index is 12.7. The smallest absolute Gasteiger partial charge is 0.329 e. The molecule has 1 aliphatic rings. The van der Waals surface area contributed by atoms with Gasteiger partial charge < -0.3 is 10.0 Å². The Morgan fingerprint density at radius 1 is 1.50 bits per heavy atom. The number of hydrogen-bond acceptors (Lipinski definition) is 3. The highest BCUT2D eigenvalue weighted by Crippen LogP contribution is 2.38. The molecule has 2 heterocycles. The monoisotopic (exact) mass is 423 g/mol. The van der Waals surface area contributed by atoms with Crippen LogP contribution in [0.1, 0.15) is 43.0 Å². The Labute approximate surface area is 138 Å². The fourth-order valence-corrected chi connectivity index (χ4v) is 5.59. The van der Waals surface area contributed by atoms with Crippen LogP contribution in [0.5, 0.6) is 0 Å². The van der Waals surface area contributed by atoms with Crippen molar-refractivity contribution in [2.24, 2.45) is 0 Å². The molecule has 1 N–H and O–H groups in total. The molecule has 1 aromatic heterocycles. The zero-order chi connectivity index (χ0) is 14.9. The van der Waals surface area contributed by atoms with Crippen molar-refractivity contribution in [2.75, 3.05) is 6.54 Å². The predicted molar refractivity (Wildman–Crippen MR) is 85.3 cm³/mol. The highest BCUT2D eigenvalue weighted by molar-refractivity contribution is 9.12. The van der Waals surface area contributed by atoms with Crippen LogP contribution in [0.3, 0.4) is 0 Å². The van der Waals surface area contributed by atoms with Crippen molar-refractivity contribution >= 4 is 55.1 Å². The Kier molecular flexibility index (Phi) is 4.92. The minimum atomic E-state index is -1.04. The van der Waals surface area contributed by atoms with Gasteiger partial charge in [-0.15, -0.1) is 11.3 Å². The first-order valence-corrected chi connectivity index (χ1v) is 8.83. The molecule has 1 saturated heterocycles. The molecule has 1 unspecified atom stereocenters. The zero-order valence-corrected chi connectivity index (χ0v) is 15.0. The van der Waals surface area contributed by atoms with Gasteiger partial charge in [0.25, 0.3) is 5.91 Å². The Morgan fingerprint density at radius 2 is 2.20 bits per heavy atom. The molecule has 0 spiro atoms. The molecule has 0 aromatic carbocycles. The third kappa shape index (κ3) is 2.67. The van der Waals surface area contributed by atoms with Gasteiger partial charge in [-0.25, -0.2) is 4.79 Å². The van der Waals surface area contributed by atoms with Crippen LogP contribution in [0.2, 0.25) is 0 Å². The van der Waals surface area contributed by atoms with Crippen LogP contribution in [-0.4, -0.2) is 34.0 Å². The summed E-state index contributed by atoms with van der Waals surface area (Å²) in [6.45, 7) is 2.45. The molecule has 1 amide bonds. The Bertz CT molecular complexity index is 546. The summed E-state index contributed by atoms with van der Waals surface area (Å²) < 4.78 is 1.58. The van der Waals surface area contributed by atoms with Crippen molar-refractivity contribution in [3.8, 4) is 0 Å². The second-order valence-corrected chi connectivity index (χ2v) is 8.63. The number of carboxylic acid groups (broad SMARTS) is 1. The molecule has 1 aromatic rings. The van der Waals surface area contributed by atoms with E-state index in [0.717, 1.165) is 20.4 Å². The molecule has 20 heavy (non-hydrogen) atoms. The van der Waals surface area contributed by atoms with Gasteiger partial charge in [-0.2, -0.15) is 0 Å². The molecule has 110 valence electrons. The number of likely N-dealkylation sites (tertiary alicyclic amines) is 1. The number of amides is 1. The number of carbonyl (C=O) groups is 2. The van der Waals surface area contributed by atoms with Gasteiger partial charge in [0.05, 0.1) is 13.1 Å². The van der Waals surface area contributed by atoms with E-state index in [1.807, 2.05) is 6.92 Å². The van der Waals surface area contributed by atoms with Gasteiger partial charge >= 0.3 is 5.97 Å². The fourth-order valence-electron chi connectivity index (χ4n) is 2.81. The maximum atomic E-state index is 12.7. The molecule has 2 rings (SSSR count). The number of thiophene rings is 1. The van der Waals surface area contributed by atoms with E-state index < -0.39 is 11.5 Å². The summed E-state index contributed by atoms with van der Waals surface area (Å²) in [7, 11) is 0. The summed E-state index contributed by atoms with van der Waals surface area (Å²) in [5.41, 5.74) is -0.509. The quantitative estimate of drug-likeness (QED) is 0.790. The van der Waals surface area contributed by atoms with Crippen LogP contribution in [0.4, 0.5) is 0 Å². The maximum Gasteiger partial charge on any atom is 0.329 e. The van der Waals surface area contributed by atoms with Crippen LogP contribution in [0.25, 0.3) is 0 Å². The molecule has 0 saturated carbocycles. The van der Waals surface area contributed by atoms with E-state index in [1.54, 1.807) is 6.07 Å². The molecule has 1 atom stereocenters. The standard InChI is InChI=1S/C13H15Br2NO3S/c1-2-4-13(12(18)19)5-3-6-16(13)11(17)8-7-9(14)20-10(8)15/h7H,2-6H2,1H3,(H,18,19). The number of aliphatic carboxylic acids is 1. The Balaban J connectivity index is 2.37. The largest absolute Gasteiger partial charge is 0.479 e. The first kappa shape index (κ1) is 16.0. The van der Waals surface area contributed by atoms with Crippen LogP contribution in [0, 0.1) is 0 Å². The number of carboxylic acids is 1. The van der Waals surface area contributed by atoms with Gasteiger partial charge in [0.1, 0.15) is 5.54 Å². The first-order valence-electron chi connectivity index (χ1n) is 6.42. The minimum Gasteiger partial charge on any atom is -0.479 e. The SMILES string of the molecule is CCCC1(C(=O)O)CCCN1C(=O)c1cc(Br)sc1Br. The van der Waals surface area contributed by atoms with Crippen LogP contribution in [0.15, 0.2) is 13.6 Å². The lowest BCUT2D eigenvalue weighted by Gasteiger charge is -2.34. The lowest BCUT2D eigenvalue weighted by Crippen LogP contribution is -2.53. The molecule has 4 nitrogen and oxygen atoms in total. The summed E-state index contributed by atoms with van der Waals surface area (Å²) in [6, 6.07) is 1.74. The van der Waals surface area contributed by atoms with Gasteiger partial charge in [0.2, 0.25) is 0 Å². The van der Waals surface area contributed by atoms with E-state index in [1.165, 1.54) is 16.2 Å². The number of nitrogens with zero attached hydrogens (tertiary/aromatic N) is 1. The normalized spacial score (nSPS) is 22.2. The fraction of sp³-hybridized carbons (Fsp3) is 0.538. The molecule has 0 radical (unpaired) electrons. The van der Waals surface area contributed by atoms with E-state index in [-0.39, 0.29) is 5.91 Å². The second-order valence-electron chi connectivity index (χ2n) is 4.88. The van der Waals surface area contributed by atoms with Crippen LogP contribution >= 0.6 is 43.2 Å². The topological polar surface area (TPSA) is 57.6 Å². The zero-order valence-electron chi connectivity index (χ0n) is 11.0. The number of hydrogen-bond donors (Lipinski definition) is 1. The molecule has 0 aliphatic carbocycles. The van der Waals surface area contributed by atoms with E-state index in [0.29, 0.717) is 24.9 Å². The molecular weight excluding hydrogens is 410 g/mol. The van der Waals surface area contributed by atoms with Crippen molar-refractivity contribution in [1.29, 1.82) is 0 Å². The van der Waals surface area contributed by atoms with E-state index in [2.05, 4.69) is 31.9 Å². The first-order chi connectivity index (χ1) is 9.42. The van der Waals surface area contributed by atoms with Crippen LogP contribution < -0.4 is 0 Å². The second kappa shape index (κ2) is 6.15. The summed E-state index contributed by atoms with van der Waals surface area (Å²) >= 11 is 8.14. The number of rotatable bonds is 4. The lowest BCUT2D eigenvalue weighted by atomic mass is 9.90. The predicted octanol–water partition coefficient (Wildman–Crippen LogP) is 4.13. The molecule has 1 aliphatic heterocycles. The molecule has 7 heteroatoms. The molecular formula is C13H15Br2NO3S. The highest BCUT2D eigenvalue weighted by atomic mass is 79.9. The lowest BCUT2D eigenvalue weighted by molar-refractivity contribution is -0.148. The average Bonchev–Trinajstić information content (AvgIpc) is 2.93. The van der Waals surface area contributed by atoms with E-state index in [9.17, 15) is 14.7 Å². The van der Waals surface area contributed by atoms with Crippen molar-refractivity contribution in [1.82, 2.24) is 4.90 Å². The summed E-state index contributed by atoms with van der Waals surface area (Å²) in [6.07, 6.45) is 2.51. The number of halogens is 2. The summed E-state index contributed by atoms with van der Waals surface area (Å²) in [5, 5.41) is 9.62. The van der Waals surface area contributed by atoms with Gasteiger partial charge in [0, 0.05) is 6.54 Å². The Hall–Kier alpha value is -0.400. The van der Waals surface area contributed by atoms with Gasteiger partial charge in [-0.05, 0) is 57.2 Å². The van der Waals surface area contributed by atoms with Crippen molar-refractivity contribution in [3.05, 3.63) is 19.2 Å². The minimum absolute atomic E-state index is 0.202. The molecule has 1 fully saturated rings. The molecule has 0 bridgehead atoms. The van der Waals surface area contributed by atoms with Crippen molar-refractivity contribution in [2.45, 2.75) is 38.1 Å². The van der Waals surface area contributed by atoms with E-state index in [4.69, 9.17) is 0 Å². The van der Waals surface area contributed by atoms with Gasteiger partial charge in [-0.1, -0.05) is 13.3 Å². The van der Waals surface area contributed by atoms with Crippen molar-refractivity contribution in [3.63, 3.8) is 0 Å². The van der Waals surface area contributed by atoms with Gasteiger partial charge in [-0.3, -0.25) is 4.79 Å².